The summed E-state index contributed by atoms with van der Waals surface area (Å²) in [5, 5.41) is 25.3. The highest BCUT2D eigenvalue weighted by Gasteiger charge is 2.37. The first-order chi connectivity index (χ1) is 13.4. The van der Waals surface area contributed by atoms with Crippen LogP contribution in [0.15, 0.2) is 54.2 Å². The fourth-order valence-electron chi connectivity index (χ4n) is 2.42. The van der Waals surface area contributed by atoms with Crippen LogP contribution < -0.4 is 4.74 Å². The van der Waals surface area contributed by atoms with Crippen LogP contribution in [0.4, 0.5) is 13.2 Å². The van der Waals surface area contributed by atoms with Crippen molar-refractivity contribution in [2.45, 2.75) is 18.8 Å². The molecule has 0 saturated heterocycles. The first-order valence-corrected chi connectivity index (χ1v) is 7.91. The molecular formula is C17H14F3N5O3. The molecule has 0 amide bonds. The van der Waals surface area contributed by atoms with Crippen molar-refractivity contribution in [2.24, 2.45) is 5.16 Å². The molecular weight excluding hydrogens is 379 g/mol. The van der Waals surface area contributed by atoms with E-state index in [9.17, 15) is 18.3 Å². The van der Waals surface area contributed by atoms with E-state index in [4.69, 9.17) is 9.94 Å². The Kier molecular flexibility index (Phi) is 5.54. The van der Waals surface area contributed by atoms with Gasteiger partial charge in [0.2, 0.25) is 5.88 Å². The minimum atomic E-state index is -4.79. The molecule has 3 rings (SSSR count). The number of aromatic nitrogens is 4. The van der Waals surface area contributed by atoms with E-state index in [1.165, 1.54) is 41.8 Å². The van der Waals surface area contributed by atoms with E-state index >= 15 is 0 Å². The maximum atomic E-state index is 13.4. The van der Waals surface area contributed by atoms with Crippen LogP contribution in [0.1, 0.15) is 22.9 Å². The zero-order chi connectivity index (χ0) is 20.1. The van der Waals surface area contributed by atoms with E-state index in [2.05, 4.69) is 20.2 Å². The quantitative estimate of drug-likeness (QED) is 0.379. The van der Waals surface area contributed by atoms with Gasteiger partial charge >= 0.3 is 6.18 Å². The normalized spacial score (nSPS) is 13.0. The molecule has 0 aliphatic heterocycles. The lowest BCUT2D eigenvalue weighted by atomic mass is 10.1. The van der Waals surface area contributed by atoms with Crippen LogP contribution in [0.2, 0.25) is 0 Å². The third kappa shape index (κ3) is 4.62. The minimum absolute atomic E-state index is 0.209. The van der Waals surface area contributed by atoms with Gasteiger partial charge in [-0.1, -0.05) is 5.16 Å². The average molecular weight is 393 g/mol. The standard InChI is InChI=1S/C17H14F3N5O3/c18-17(19,20)16-13(14(26)8-25-10-21-9-22-25)5-6-15(24-16)28-12-3-1-11(2-4-12)7-23-27/h1-7,9-10,14,26-27H,8H2. The second kappa shape index (κ2) is 8.05. The van der Waals surface area contributed by atoms with E-state index < -0.39 is 23.5 Å². The molecule has 146 valence electrons. The van der Waals surface area contributed by atoms with Crippen LogP contribution in [0.3, 0.4) is 0 Å². The van der Waals surface area contributed by atoms with Crippen LogP contribution >= 0.6 is 0 Å². The fraction of sp³-hybridized carbons (Fsp3) is 0.176. The number of pyridine rings is 1. The molecule has 1 atom stereocenters. The number of rotatable bonds is 6. The highest BCUT2D eigenvalue weighted by atomic mass is 19.4. The predicted molar refractivity (Wildman–Crippen MR) is 90.1 cm³/mol. The van der Waals surface area contributed by atoms with Crippen molar-refractivity contribution in [3.8, 4) is 11.6 Å². The molecule has 11 heteroatoms. The number of hydrogen-bond donors (Lipinski definition) is 2. The van der Waals surface area contributed by atoms with Gasteiger partial charge in [0, 0.05) is 11.6 Å². The van der Waals surface area contributed by atoms with Crippen molar-refractivity contribution < 1.29 is 28.2 Å². The molecule has 2 N–H and O–H groups in total. The number of halogens is 3. The number of oxime groups is 1. The molecule has 2 heterocycles. The zero-order valence-corrected chi connectivity index (χ0v) is 14.2. The van der Waals surface area contributed by atoms with Gasteiger partial charge in [0.25, 0.3) is 0 Å². The van der Waals surface area contributed by atoms with Crippen LogP contribution in [0.5, 0.6) is 11.6 Å². The van der Waals surface area contributed by atoms with E-state index in [1.54, 1.807) is 12.1 Å². The van der Waals surface area contributed by atoms with Gasteiger partial charge < -0.3 is 15.1 Å². The zero-order valence-electron chi connectivity index (χ0n) is 14.2. The van der Waals surface area contributed by atoms with Crippen LogP contribution in [0.25, 0.3) is 0 Å². The fourth-order valence-corrected chi connectivity index (χ4v) is 2.42. The minimum Gasteiger partial charge on any atom is -0.439 e. The largest absolute Gasteiger partial charge is 0.439 e. The maximum absolute atomic E-state index is 13.4. The van der Waals surface area contributed by atoms with Gasteiger partial charge in [-0.25, -0.2) is 9.97 Å². The first kappa shape index (κ1) is 19.3. The Hall–Kier alpha value is -3.47. The Morgan fingerprint density at radius 3 is 2.54 bits per heavy atom. The summed E-state index contributed by atoms with van der Waals surface area (Å²) in [6, 6.07) is 8.42. The smallest absolute Gasteiger partial charge is 0.433 e. The van der Waals surface area contributed by atoms with E-state index in [1.807, 2.05) is 0 Å². The highest BCUT2D eigenvalue weighted by Crippen LogP contribution is 2.35. The highest BCUT2D eigenvalue weighted by molar-refractivity contribution is 5.79. The van der Waals surface area contributed by atoms with Crippen LogP contribution in [0, 0.1) is 0 Å². The van der Waals surface area contributed by atoms with Crippen molar-refractivity contribution in [3.05, 3.63) is 65.9 Å². The van der Waals surface area contributed by atoms with Gasteiger partial charge in [-0.15, -0.1) is 0 Å². The van der Waals surface area contributed by atoms with Gasteiger partial charge in [-0.3, -0.25) is 4.68 Å². The molecule has 2 aromatic heterocycles. The number of alkyl halides is 3. The second-order valence-electron chi connectivity index (χ2n) is 5.63. The van der Waals surface area contributed by atoms with E-state index in [0.717, 1.165) is 6.07 Å². The molecule has 3 aromatic rings. The average Bonchev–Trinajstić information content (AvgIpc) is 3.16. The molecule has 0 radical (unpaired) electrons. The monoisotopic (exact) mass is 393 g/mol. The molecule has 0 fully saturated rings. The molecule has 1 unspecified atom stereocenters. The molecule has 8 nitrogen and oxygen atoms in total. The number of nitrogens with zero attached hydrogens (tertiary/aromatic N) is 5. The third-order valence-electron chi connectivity index (χ3n) is 3.66. The van der Waals surface area contributed by atoms with Gasteiger partial charge in [0.05, 0.1) is 12.8 Å². The lowest BCUT2D eigenvalue weighted by molar-refractivity contribution is -0.143. The SMILES string of the molecule is ON=Cc1ccc(Oc2ccc(C(O)Cn3cncn3)c(C(F)(F)F)n2)cc1. The molecule has 0 saturated carbocycles. The predicted octanol–water partition coefficient (Wildman–Crippen LogP) is 3.03. The number of hydrogen-bond acceptors (Lipinski definition) is 7. The Labute approximate surface area is 156 Å². The third-order valence-corrected chi connectivity index (χ3v) is 3.66. The number of aliphatic hydroxyl groups excluding tert-OH is 1. The lowest BCUT2D eigenvalue weighted by Gasteiger charge is -2.17. The summed E-state index contributed by atoms with van der Waals surface area (Å²) in [6.45, 7) is -0.209. The van der Waals surface area contributed by atoms with Crippen molar-refractivity contribution in [3.63, 3.8) is 0 Å². The second-order valence-corrected chi connectivity index (χ2v) is 5.63. The summed E-state index contributed by atoms with van der Waals surface area (Å²) in [5.74, 6) is -0.0424. The number of ether oxygens (including phenoxy) is 1. The van der Waals surface area contributed by atoms with Gasteiger partial charge in [0.1, 0.15) is 24.5 Å². The Bertz CT molecular complexity index is 944. The van der Waals surface area contributed by atoms with Crippen molar-refractivity contribution >= 4 is 6.21 Å². The van der Waals surface area contributed by atoms with E-state index in [0.29, 0.717) is 5.56 Å². The van der Waals surface area contributed by atoms with Crippen molar-refractivity contribution in [1.29, 1.82) is 0 Å². The summed E-state index contributed by atoms with van der Waals surface area (Å²) < 4.78 is 46.9. The molecule has 0 spiro atoms. The summed E-state index contributed by atoms with van der Waals surface area (Å²) >= 11 is 0. The molecule has 0 aliphatic rings. The van der Waals surface area contributed by atoms with E-state index in [-0.39, 0.29) is 18.2 Å². The van der Waals surface area contributed by atoms with Gasteiger partial charge in [0.15, 0.2) is 5.69 Å². The van der Waals surface area contributed by atoms with Crippen molar-refractivity contribution in [1.82, 2.24) is 19.7 Å². The molecule has 1 aromatic carbocycles. The summed E-state index contributed by atoms with van der Waals surface area (Å²) in [4.78, 5) is 7.21. The lowest BCUT2D eigenvalue weighted by Crippen LogP contribution is -2.18. The summed E-state index contributed by atoms with van der Waals surface area (Å²) in [7, 11) is 0. The topological polar surface area (TPSA) is 106 Å². The summed E-state index contributed by atoms with van der Waals surface area (Å²) in [5.41, 5.74) is -1.07. The Balaban J connectivity index is 1.85. The molecule has 0 aliphatic carbocycles. The molecule has 28 heavy (non-hydrogen) atoms. The van der Waals surface area contributed by atoms with Crippen molar-refractivity contribution in [2.75, 3.05) is 0 Å². The Morgan fingerprint density at radius 1 is 1.18 bits per heavy atom. The maximum Gasteiger partial charge on any atom is 0.433 e. The van der Waals surface area contributed by atoms with Gasteiger partial charge in [-0.2, -0.15) is 18.3 Å². The first-order valence-electron chi connectivity index (χ1n) is 7.91. The summed E-state index contributed by atoms with van der Waals surface area (Å²) in [6.07, 6.45) is -2.59. The Morgan fingerprint density at radius 2 is 1.93 bits per heavy atom. The van der Waals surface area contributed by atoms with Gasteiger partial charge in [-0.05, 0) is 35.9 Å². The number of benzene rings is 1. The van der Waals surface area contributed by atoms with Crippen LogP contribution in [-0.2, 0) is 12.7 Å². The van der Waals surface area contributed by atoms with Crippen LogP contribution in [-0.4, -0.2) is 36.3 Å². The number of aliphatic hydroxyl groups is 1. The molecule has 0 bridgehead atoms.